The summed E-state index contributed by atoms with van der Waals surface area (Å²) in [5.41, 5.74) is 1.32. The number of nitrogens with one attached hydrogen (secondary N) is 2. The van der Waals surface area contributed by atoms with E-state index in [1.807, 2.05) is 27.9 Å². The van der Waals surface area contributed by atoms with Crippen LogP contribution in [0, 0.1) is 0 Å². The number of morpholine rings is 1. The van der Waals surface area contributed by atoms with E-state index < -0.39 is 10.0 Å². The van der Waals surface area contributed by atoms with Crippen molar-refractivity contribution in [2.75, 3.05) is 83.3 Å². The molecule has 1 saturated heterocycles. The van der Waals surface area contributed by atoms with Gasteiger partial charge in [-0.15, -0.1) is 0 Å². The number of benzene rings is 1. The SMILES string of the molecule is CCN(CC)c1ccc(S(=O)(=O)N2CCOCC2)cc1NC(=O)CNCCCN(C)C. The molecule has 10 heteroatoms. The Labute approximate surface area is 186 Å². The van der Waals surface area contributed by atoms with Gasteiger partial charge in [0.05, 0.1) is 36.0 Å². The Bertz CT molecular complexity index is 806. The number of anilines is 2. The second-order valence-corrected chi connectivity index (χ2v) is 9.69. The highest BCUT2D eigenvalue weighted by Gasteiger charge is 2.27. The molecule has 1 aliphatic heterocycles. The predicted molar refractivity (Wildman–Crippen MR) is 124 cm³/mol. The van der Waals surface area contributed by atoms with Crippen molar-refractivity contribution in [2.24, 2.45) is 0 Å². The summed E-state index contributed by atoms with van der Waals surface area (Å²) in [6.07, 6.45) is 0.943. The highest BCUT2D eigenvalue weighted by atomic mass is 32.2. The molecule has 0 bridgehead atoms. The summed E-state index contributed by atoms with van der Waals surface area (Å²) < 4.78 is 32.9. The van der Waals surface area contributed by atoms with Crippen molar-refractivity contribution in [1.82, 2.24) is 14.5 Å². The first-order valence-corrected chi connectivity index (χ1v) is 12.4. The third-order valence-electron chi connectivity index (χ3n) is 5.20. The monoisotopic (exact) mass is 455 g/mol. The normalized spacial score (nSPS) is 15.3. The van der Waals surface area contributed by atoms with E-state index in [9.17, 15) is 13.2 Å². The molecule has 1 aromatic carbocycles. The number of rotatable bonds is 12. The summed E-state index contributed by atoms with van der Waals surface area (Å²) in [5.74, 6) is -0.195. The topological polar surface area (TPSA) is 94.2 Å². The van der Waals surface area contributed by atoms with Gasteiger partial charge in [-0.3, -0.25) is 4.79 Å². The van der Waals surface area contributed by atoms with Gasteiger partial charge in [0.25, 0.3) is 0 Å². The van der Waals surface area contributed by atoms with E-state index in [4.69, 9.17) is 4.74 Å². The number of carbonyl (C=O) groups is 1. The van der Waals surface area contributed by atoms with Crippen molar-refractivity contribution in [2.45, 2.75) is 25.2 Å². The lowest BCUT2D eigenvalue weighted by molar-refractivity contribution is -0.115. The first-order chi connectivity index (χ1) is 14.8. The van der Waals surface area contributed by atoms with Gasteiger partial charge in [0.2, 0.25) is 15.9 Å². The van der Waals surface area contributed by atoms with Gasteiger partial charge in [-0.25, -0.2) is 8.42 Å². The highest BCUT2D eigenvalue weighted by Crippen LogP contribution is 2.30. The van der Waals surface area contributed by atoms with E-state index in [0.29, 0.717) is 32.0 Å². The third-order valence-corrected chi connectivity index (χ3v) is 7.09. The van der Waals surface area contributed by atoms with Gasteiger partial charge < -0.3 is 25.2 Å². The fourth-order valence-corrected chi connectivity index (χ4v) is 4.90. The minimum absolute atomic E-state index is 0.172. The van der Waals surface area contributed by atoms with Crippen molar-refractivity contribution in [3.05, 3.63) is 18.2 Å². The Morgan fingerprint density at radius 3 is 2.45 bits per heavy atom. The lowest BCUT2D eigenvalue weighted by Crippen LogP contribution is -2.40. The molecule has 0 saturated carbocycles. The summed E-state index contributed by atoms with van der Waals surface area (Å²) >= 11 is 0. The second-order valence-electron chi connectivity index (χ2n) is 7.75. The molecular weight excluding hydrogens is 418 g/mol. The Morgan fingerprint density at radius 2 is 1.84 bits per heavy atom. The van der Waals surface area contributed by atoms with Crippen LogP contribution in [-0.4, -0.2) is 96.7 Å². The average molecular weight is 456 g/mol. The first-order valence-electron chi connectivity index (χ1n) is 10.9. The Hall–Kier alpha value is -1.72. The number of carbonyl (C=O) groups excluding carboxylic acids is 1. The molecule has 0 aromatic heterocycles. The molecule has 2 N–H and O–H groups in total. The molecule has 176 valence electrons. The quantitative estimate of drug-likeness (QED) is 0.455. The maximum absolute atomic E-state index is 13.1. The number of sulfonamides is 1. The smallest absolute Gasteiger partial charge is 0.243 e. The lowest BCUT2D eigenvalue weighted by Gasteiger charge is -2.28. The molecule has 0 radical (unpaired) electrons. The van der Waals surface area contributed by atoms with Gasteiger partial charge in [0.1, 0.15) is 0 Å². The van der Waals surface area contributed by atoms with Crippen molar-refractivity contribution in [3.8, 4) is 0 Å². The zero-order valence-electron chi connectivity index (χ0n) is 19.2. The van der Waals surface area contributed by atoms with E-state index in [-0.39, 0.29) is 17.3 Å². The highest BCUT2D eigenvalue weighted by molar-refractivity contribution is 7.89. The van der Waals surface area contributed by atoms with Crippen LogP contribution >= 0.6 is 0 Å². The van der Waals surface area contributed by atoms with Gasteiger partial charge in [-0.05, 0) is 65.7 Å². The van der Waals surface area contributed by atoms with Crippen LogP contribution in [0.25, 0.3) is 0 Å². The Kier molecular flexibility index (Phi) is 10.2. The van der Waals surface area contributed by atoms with Crippen molar-refractivity contribution < 1.29 is 17.9 Å². The van der Waals surface area contributed by atoms with Crippen molar-refractivity contribution in [3.63, 3.8) is 0 Å². The second kappa shape index (κ2) is 12.4. The summed E-state index contributed by atoms with van der Waals surface area (Å²) in [7, 11) is 0.381. The fourth-order valence-electron chi connectivity index (χ4n) is 3.47. The minimum Gasteiger partial charge on any atom is -0.379 e. The van der Waals surface area contributed by atoms with E-state index in [1.165, 1.54) is 4.31 Å². The summed E-state index contributed by atoms with van der Waals surface area (Å²) in [6.45, 7) is 8.85. The van der Waals surface area contributed by atoms with E-state index in [1.54, 1.807) is 18.2 Å². The third kappa shape index (κ3) is 7.43. The molecule has 0 aliphatic carbocycles. The Morgan fingerprint density at radius 1 is 1.16 bits per heavy atom. The maximum atomic E-state index is 13.1. The number of ether oxygens (including phenoxy) is 1. The van der Waals surface area contributed by atoms with Crippen LogP contribution in [0.3, 0.4) is 0 Å². The van der Waals surface area contributed by atoms with Gasteiger partial charge in [-0.1, -0.05) is 0 Å². The summed E-state index contributed by atoms with van der Waals surface area (Å²) in [6, 6.07) is 4.97. The molecule has 1 fully saturated rings. The number of amides is 1. The molecule has 1 heterocycles. The van der Waals surface area contributed by atoms with Crippen LogP contribution in [-0.2, 0) is 19.6 Å². The van der Waals surface area contributed by atoms with Gasteiger partial charge >= 0.3 is 0 Å². The molecular formula is C21H37N5O4S. The van der Waals surface area contributed by atoms with Crippen molar-refractivity contribution in [1.29, 1.82) is 0 Å². The number of hydrogen-bond donors (Lipinski definition) is 2. The van der Waals surface area contributed by atoms with E-state index in [0.717, 1.165) is 38.3 Å². The predicted octanol–water partition coefficient (Wildman–Crippen LogP) is 1.03. The van der Waals surface area contributed by atoms with Crippen LogP contribution in [0.15, 0.2) is 23.1 Å². The van der Waals surface area contributed by atoms with Crippen LogP contribution in [0.5, 0.6) is 0 Å². The maximum Gasteiger partial charge on any atom is 0.243 e. The van der Waals surface area contributed by atoms with Crippen LogP contribution in [0.2, 0.25) is 0 Å². The first kappa shape index (κ1) is 25.5. The molecule has 1 aromatic rings. The fraction of sp³-hybridized carbons (Fsp3) is 0.667. The molecule has 2 rings (SSSR count). The molecule has 0 atom stereocenters. The average Bonchev–Trinajstić information content (AvgIpc) is 2.75. The van der Waals surface area contributed by atoms with Gasteiger partial charge in [0.15, 0.2) is 0 Å². The van der Waals surface area contributed by atoms with E-state index >= 15 is 0 Å². The minimum atomic E-state index is -3.65. The van der Waals surface area contributed by atoms with Crippen LogP contribution in [0.4, 0.5) is 11.4 Å². The van der Waals surface area contributed by atoms with E-state index in [2.05, 4.69) is 20.4 Å². The lowest BCUT2D eigenvalue weighted by atomic mass is 10.2. The molecule has 9 nitrogen and oxygen atoms in total. The van der Waals surface area contributed by atoms with Gasteiger partial charge in [-0.2, -0.15) is 4.31 Å². The van der Waals surface area contributed by atoms with Crippen LogP contribution < -0.4 is 15.5 Å². The zero-order valence-corrected chi connectivity index (χ0v) is 20.0. The largest absolute Gasteiger partial charge is 0.379 e. The number of hydrogen-bond acceptors (Lipinski definition) is 7. The number of nitrogens with zero attached hydrogens (tertiary/aromatic N) is 3. The zero-order chi connectivity index (χ0) is 22.9. The molecule has 0 unspecified atom stereocenters. The van der Waals surface area contributed by atoms with Crippen molar-refractivity contribution >= 4 is 27.3 Å². The standard InChI is InChI=1S/C21H37N5O4S/c1-5-25(6-2)20-9-8-18(31(28,29)26-12-14-30-15-13-26)16-19(20)23-21(27)17-22-10-7-11-24(3)4/h8-9,16,22H,5-7,10-15,17H2,1-4H3,(H,23,27). The summed E-state index contributed by atoms with van der Waals surface area (Å²) in [5, 5.41) is 6.05. The molecule has 31 heavy (non-hydrogen) atoms. The molecule has 1 aliphatic rings. The van der Waals surface area contributed by atoms with Gasteiger partial charge in [0, 0.05) is 26.2 Å². The Balaban J connectivity index is 2.17. The molecule has 0 spiro atoms. The summed E-state index contributed by atoms with van der Waals surface area (Å²) in [4.78, 5) is 16.9. The van der Waals surface area contributed by atoms with Crippen LogP contribution in [0.1, 0.15) is 20.3 Å². The molecule has 1 amide bonds.